The van der Waals surface area contributed by atoms with E-state index in [9.17, 15) is 18.3 Å². The minimum atomic E-state index is -3.69. The van der Waals surface area contributed by atoms with Gasteiger partial charge in [0.25, 0.3) is 0 Å². The van der Waals surface area contributed by atoms with Crippen LogP contribution in [-0.2, 0) is 10.0 Å². The monoisotopic (exact) mass is 313 g/mol. The van der Waals surface area contributed by atoms with Gasteiger partial charge in [-0.25, -0.2) is 13.2 Å². The Morgan fingerprint density at radius 3 is 2.33 bits per heavy atom. The molecule has 5 nitrogen and oxygen atoms in total. The molecule has 0 aliphatic rings. The van der Waals surface area contributed by atoms with Gasteiger partial charge < -0.3 is 5.11 Å². The molecule has 1 aromatic carbocycles. The van der Waals surface area contributed by atoms with Crippen molar-refractivity contribution in [2.45, 2.75) is 51.5 Å². The smallest absolute Gasteiger partial charge is 0.335 e. The second-order valence-electron chi connectivity index (χ2n) is 5.40. The van der Waals surface area contributed by atoms with Crippen molar-refractivity contribution in [3.8, 4) is 0 Å². The molecule has 0 radical (unpaired) electrons. The SMILES string of the molecule is CCCC(C)N(C)S(=O)(=O)c1cc(C(=O)O)c(C)cc1C. The van der Waals surface area contributed by atoms with Crippen LogP contribution in [0.4, 0.5) is 0 Å². The molecule has 1 rings (SSSR count). The predicted molar refractivity (Wildman–Crippen MR) is 82.2 cm³/mol. The van der Waals surface area contributed by atoms with Crippen LogP contribution in [0, 0.1) is 13.8 Å². The molecule has 0 spiro atoms. The van der Waals surface area contributed by atoms with Crippen LogP contribution < -0.4 is 0 Å². The maximum atomic E-state index is 12.7. The van der Waals surface area contributed by atoms with Gasteiger partial charge in [0.05, 0.1) is 10.5 Å². The lowest BCUT2D eigenvalue weighted by molar-refractivity contribution is 0.0696. The molecular weight excluding hydrogens is 290 g/mol. The van der Waals surface area contributed by atoms with Gasteiger partial charge in [-0.05, 0) is 44.4 Å². The molecule has 0 aliphatic carbocycles. The Bertz CT molecular complexity index is 637. The second kappa shape index (κ2) is 6.58. The number of hydrogen-bond acceptors (Lipinski definition) is 3. The normalized spacial score (nSPS) is 13.4. The summed E-state index contributed by atoms with van der Waals surface area (Å²) in [6.45, 7) is 7.19. The zero-order valence-electron chi connectivity index (χ0n) is 13.2. The quantitative estimate of drug-likeness (QED) is 0.876. The Balaban J connectivity index is 3.38. The third-order valence-electron chi connectivity index (χ3n) is 3.74. The lowest BCUT2D eigenvalue weighted by atomic mass is 10.1. The number of hydrogen-bond donors (Lipinski definition) is 1. The number of aryl methyl sites for hydroxylation is 2. The summed E-state index contributed by atoms with van der Waals surface area (Å²) < 4.78 is 26.7. The van der Waals surface area contributed by atoms with Crippen LogP contribution >= 0.6 is 0 Å². The highest BCUT2D eigenvalue weighted by Gasteiger charge is 2.27. The van der Waals surface area contributed by atoms with Crippen molar-refractivity contribution < 1.29 is 18.3 Å². The zero-order chi connectivity index (χ0) is 16.4. The first kappa shape index (κ1) is 17.7. The van der Waals surface area contributed by atoms with Crippen molar-refractivity contribution in [1.82, 2.24) is 4.31 Å². The van der Waals surface area contributed by atoms with E-state index in [-0.39, 0.29) is 16.5 Å². The van der Waals surface area contributed by atoms with E-state index in [0.29, 0.717) is 11.1 Å². The number of aromatic carboxylic acids is 1. The number of sulfonamides is 1. The van der Waals surface area contributed by atoms with Crippen molar-refractivity contribution >= 4 is 16.0 Å². The largest absolute Gasteiger partial charge is 0.478 e. The fourth-order valence-corrected chi connectivity index (χ4v) is 3.95. The van der Waals surface area contributed by atoms with Crippen LogP contribution in [0.25, 0.3) is 0 Å². The van der Waals surface area contributed by atoms with Gasteiger partial charge >= 0.3 is 5.97 Å². The van der Waals surface area contributed by atoms with Gasteiger partial charge in [0, 0.05) is 13.1 Å². The average Bonchev–Trinajstić information content (AvgIpc) is 2.37. The van der Waals surface area contributed by atoms with Crippen LogP contribution in [0.3, 0.4) is 0 Å². The molecule has 118 valence electrons. The van der Waals surface area contributed by atoms with E-state index in [1.807, 2.05) is 13.8 Å². The van der Waals surface area contributed by atoms with E-state index in [1.165, 1.54) is 17.4 Å². The van der Waals surface area contributed by atoms with Crippen molar-refractivity contribution in [1.29, 1.82) is 0 Å². The predicted octanol–water partition coefficient (Wildman–Crippen LogP) is 2.81. The number of carboxylic acids is 1. The standard InChI is InChI=1S/C15H23NO4S/c1-6-7-12(4)16(5)21(19,20)14-9-13(15(17)18)10(2)8-11(14)3/h8-9,12H,6-7H2,1-5H3,(H,17,18). The molecule has 0 saturated heterocycles. The van der Waals surface area contributed by atoms with Gasteiger partial charge in [-0.1, -0.05) is 19.4 Å². The fraction of sp³-hybridized carbons (Fsp3) is 0.533. The number of rotatable bonds is 6. The Kier molecular flexibility index (Phi) is 5.53. The van der Waals surface area contributed by atoms with E-state index in [1.54, 1.807) is 19.9 Å². The van der Waals surface area contributed by atoms with Gasteiger partial charge in [0.1, 0.15) is 0 Å². The minimum Gasteiger partial charge on any atom is -0.478 e. The first-order chi connectivity index (χ1) is 9.62. The molecule has 6 heteroatoms. The fourth-order valence-electron chi connectivity index (χ4n) is 2.33. The second-order valence-corrected chi connectivity index (χ2v) is 7.36. The Morgan fingerprint density at radius 2 is 1.86 bits per heavy atom. The molecule has 1 unspecified atom stereocenters. The molecule has 0 aromatic heterocycles. The summed E-state index contributed by atoms with van der Waals surface area (Å²) in [4.78, 5) is 11.3. The van der Waals surface area contributed by atoms with E-state index in [4.69, 9.17) is 0 Å². The van der Waals surface area contributed by atoms with Gasteiger partial charge in [0.15, 0.2) is 0 Å². The van der Waals surface area contributed by atoms with Crippen molar-refractivity contribution in [2.24, 2.45) is 0 Å². The van der Waals surface area contributed by atoms with E-state index >= 15 is 0 Å². The molecule has 1 atom stereocenters. The lowest BCUT2D eigenvalue weighted by Gasteiger charge is -2.25. The number of benzene rings is 1. The molecule has 0 bridgehead atoms. The number of nitrogens with zero attached hydrogens (tertiary/aromatic N) is 1. The Labute approximate surface area is 126 Å². The Hall–Kier alpha value is -1.40. The van der Waals surface area contributed by atoms with Crippen LogP contribution in [0.2, 0.25) is 0 Å². The van der Waals surface area contributed by atoms with Gasteiger partial charge in [-0.15, -0.1) is 0 Å². The van der Waals surface area contributed by atoms with Crippen LogP contribution in [0.15, 0.2) is 17.0 Å². The molecule has 0 heterocycles. The summed E-state index contributed by atoms with van der Waals surface area (Å²) in [6, 6.07) is 2.74. The summed E-state index contributed by atoms with van der Waals surface area (Å²) in [5, 5.41) is 9.17. The molecule has 1 aromatic rings. The van der Waals surface area contributed by atoms with E-state index in [0.717, 1.165) is 12.8 Å². The topological polar surface area (TPSA) is 74.7 Å². The summed E-state index contributed by atoms with van der Waals surface area (Å²) >= 11 is 0. The molecule has 0 amide bonds. The number of carboxylic acid groups (broad SMARTS) is 1. The first-order valence-corrected chi connectivity index (χ1v) is 8.39. The number of carbonyl (C=O) groups is 1. The van der Waals surface area contributed by atoms with Crippen molar-refractivity contribution in [3.63, 3.8) is 0 Å². The van der Waals surface area contributed by atoms with Crippen LogP contribution in [0.5, 0.6) is 0 Å². The summed E-state index contributed by atoms with van der Waals surface area (Å²) in [7, 11) is -2.16. The Morgan fingerprint density at radius 1 is 1.29 bits per heavy atom. The lowest BCUT2D eigenvalue weighted by Crippen LogP contribution is -2.35. The highest BCUT2D eigenvalue weighted by atomic mass is 32.2. The maximum absolute atomic E-state index is 12.7. The van der Waals surface area contributed by atoms with Crippen molar-refractivity contribution in [3.05, 3.63) is 28.8 Å². The maximum Gasteiger partial charge on any atom is 0.335 e. The average molecular weight is 313 g/mol. The zero-order valence-corrected chi connectivity index (χ0v) is 14.0. The third-order valence-corrected chi connectivity index (χ3v) is 5.85. The molecule has 0 aliphatic heterocycles. The molecule has 0 saturated carbocycles. The van der Waals surface area contributed by atoms with Gasteiger partial charge in [-0.2, -0.15) is 4.31 Å². The van der Waals surface area contributed by atoms with Crippen LogP contribution in [-0.4, -0.2) is 36.9 Å². The first-order valence-electron chi connectivity index (χ1n) is 6.95. The summed E-state index contributed by atoms with van der Waals surface area (Å²) in [6.07, 6.45) is 1.64. The third kappa shape index (κ3) is 3.63. The van der Waals surface area contributed by atoms with Crippen molar-refractivity contribution in [2.75, 3.05) is 7.05 Å². The van der Waals surface area contributed by atoms with Gasteiger partial charge in [0.2, 0.25) is 10.0 Å². The van der Waals surface area contributed by atoms with E-state index in [2.05, 4.69) is 0 Å². The highest BCUT2D eigenvalue weighted by Crippen LogP contribution is 2.25. The summed E-state index contributed by atoms with van der Waals surface area (Å²) in [5.41, 5.74) is 1.15. The van der Waals surface area contributed by atoms with E-state index < -0.39 is 16.0 Å². The van der Waals surface area contributed by atoms with Crippen LogP contribution in [0.1, 0.15) is 48.2 Å². The van der Waals surface area contributed by atoms with Gasteiger partial charge in [-0.3, -0.25) is 0 Å². The molecule has 0 fully saturated rings. The molecule has 21 heavy (non-hydrogen) atoms. The minimum absolute atomic E-state index is 0.0238. The molecular formula is C15H23NO4S. The summed E-state index contributed by atoms with van der Waals surface area (Å²) in [5.74, 6) is -1.12. The molecule has 1 N–H and O–H groups in total. The highest BCUT2D eigenvalue weighted by molar-refractivity contribution is 7.89.